The molecule has 1 N–H and O–H groups in total. The third kappa shape index (κ3) is 7.24. The molecule has 2 saturated heterocycles. The minimum Gasteiger partial charge on any atom is -0.379 e. The summed E-state index contributed by atoms with van der Waals surface area (Å²) in [5, 5.41) is 4.53. The first-order valence-electron chi connectivity index (χ1n) is 12.3. The van der Waals surface area contributed by atoms with Crippen molar-refractivity contribution in [2.24, 2.45) is 5.92 Å². The Hall–Kier alpha value is -2.52. The summed E-state index contributed by atoms with van der Waals surface area (Å²) >= 11 is 0. The maximum Gasteiger partial charge on any atom is 0.236 e. The molecule has 8 heteroatoms. The smallest absolute Gasteiger partial charge is 0.236 e. The van der Waals surface area contributed by atoms with E-state index in [1.54, 1.807) is 6.08 Å². The molecule has 0 bridgehead atoms. The lowest BCUT2D eigenvalue weighted by Gasteiger charge is -2.33. The number of piperidine rings is 1. The van der Waals surface area contributed by atoms with Crippen LogP contribution in [0.15, 0.2) is 60.0 Å². The number of hydrogen-bond donors (Lipinski definition) is 1. The van der Waals surface area contributed by atoms with Crippen LogP contribution in [0.5, 0.6) is 0 Å². The van der Waals surface area contributed by atoms with Crippen LogP contribution in [-0.4, -0.2) is 69.5 Å². The highest BCUT2D eigenvalue weighted by atomic mass is 32.2. The fourth-order valence-electron chi connectivity index (χ4n) is 4.55. The van der Waals surface area contributed by atoms with Gasteiger partial charge in [-0.2, -0.15) is 4.31 Å². The Kier molecular flexibility index (Phi) is 8.73. The van der Waals surface area contributed by atoms with Gasteiger partial charge in [0.2, 0.25) is 15.9 Å². The van der Waals surface area contributed by atoms with E-state index in [4.69, 9.17) is 4.74 Å². The van der Waals surface area contributed by atoms with Crippen molar-refractivity contribution < 1.29 is 17.9 Å². The molecular weight excluding hydrogens is 462 g/mol. The Morgan fingerprint density at radius 2 is 1.69 bits per heavy atom. The highest BCUT2D eigenvalue weighted by molar-refractivity contribution is 7.92. The first-order valence-corrected chi connectivity index (χ1v) is 13.8. The van der Waals surface area contributed by atoms with E-state index in [2.05, 4.69) is 41.4 Å². The predicted molar refractivity (Wildman–Crippen MR) is 138 cm³/mol. The van der Waals surface area contributed by atoms with Crippen molar-refractivity contribution in [3.63, 3.8) is 0 Å². The van der Waals surface area contributed by atoms with Crippen molar-refractivity contribution in [2.45, 2.75) is 25.8 Å². The van der Waals surface area contributed by atoms with Gasteiger partial charge < -0.3 is 10.1 Å². The van der Waals surface area contributed by atoms with E-state index >= 15 is 0 Å². The van der Waals surface area contributed by atoms with Gasteiger partial charge in [-0.15, -0.1) is 0 Å². The first kappa shape index (κ1) is 25.6. The topological polar surface area (TPSA) is 79.0 Å². The zero-order valence-electron chi connectivity index (χ0n) is 20.3. The minimum absolute atomic E-state index is 0.000657. The highest BCUT2D eigenvalue weighted by Gasteiger charge is 2.31. The standard InChI is InChI=1S/C27H35N3O4S/c1-22-7-9-24(10-8-22)26(21-29-16-18-34-19-17-29)28-27(31)25-11-14-30(15-12-25)35(32,33)20-13-23-5-3-2-4-6-23/h2-10,13,20,25-26H,11-12,14-19,21H2,1H3,(H,28,31)/b20-13+. The van der Waals surface area contributed by atoms with E-state index in [1.807, 2.05) is 30.3 Å². The second kappa shape index (κ2) is 11.9. The lowest BCUT2D eigenvalue weighted by Crippen LogP contribution is -2.46. The minimum atomic E-state index is -3.52. The Bertz CT molecular complexity index is 1090. The maximum atomic E-state index is 13.2. The number of rotatable bonds is 8. The van der Waals surface area contributed by atoms with E-state index in [-0.39, 0.29) is 17.9 Å². The summed E-state index contributed by atoms with van der Waals surface area (Å²) < 4.78 is 32.5. The highest BCUT2D eigenvalue weighted by Crippen LogP contribution is 2.23. The Balaban J connectivity index is 1.36. The molecule has 2 fully saturated rings. The number of carbonyl (C=O) groups excluding carboxylic acids is 1. The van der Waals surface area contributed by atoms with Crippen LogP contribution in [-0.2, 0) is 19.6 Å². The number of nitrogens with one attached hydrogen (secondary N) is 1. The molecule has 0 spiro atoms. The zero-order valence-corrected chi connectivity index (χ0v) is 21.1. The summed E-state index contributed by atoms with van der Waals surface area (Å²) in [7, 11) is -3.52. The number of carbonyl (C=O) groups is 1. The van der Waals surface area contributed by atoms with Crippen LogP contribution in [0.25, 0.3) is 6.08 Å². The molecule has 188 valence electrons. The van der Waals surface area contributed by atoms with E-state index in [0.29, 0.717) is 39.1 Å². The Morgan fingerprint density at radius 3 is 2.34 bits per heavy atom. The summed E-state index contributed by atoms with van der Waals surface area (Å²) in [4.78, 5) is 15.5. The molecule has 2 aliphatic heterocycles. The van der Waals surface area contributed by atoms with Gasteiger partial charge in [0, 0.05) is 44.0 Å². The van der Waals surface area contributed by atoms with Crippen LogP contribution in [0.3, 0.4) is 0 Å². The molecule has 0 radical (unpaired) electrons. The molecule has 2 heterocycles. The predicted octanol–water partition coefficient (Wildman–Crippen LogP) is 3.20. The molecule has 0 aliphatic carbocycles. The van der Waals surface area contributed by atoms with Gasteiger partial charge in [-0.05, 0) is 37.0 Å². The van der Waals surface area contributed by atoms with Gasteiger partial charge in [0.05, 0.1) is 19.3 Å². The fraction of sp³-hybridized carbons (Fsp3) is 0.444. The van der Waals surface area contributed by atoms with Gasteiger partial charge >= 0.3 is 0 Å². The largest absolute Gasteiger partial charge is 0.379 e. The molecule has 0 saturated carbocycles. The maximum absolute atomic E-state index is 13.2. The fourth-order valence-corrected chi connectivity index (χ4v) is 5.77. The van der Waals surface area contributed by atoms with Gasteiger partial charge in [0.15, 0.2) is 0 Å². The second-order valence-corrected chi connectivity index (χ2v) is 11.1. The zero-order chi connectivity index (χ0) is 24.7. The van der Waals surface area contributed by atoms with Crippen LogP contribution in [0.4, 0.5) is 0 Å². The molecule has 2 aliphatic rings. The molecular formula is C27H35N3O4S. The van der Waals surface area contributed by atoms with Crippen LogP contribution in [0, 0.1) is 12.8 Å². The van der Waals surface area contributed by atoms with Gasteiger partial charge in [-0.3, -0.25) is 9.69 Å². The van der Waals surface area contributed by atoms with Crippen molar-refractivity contribution in [1.29, 1.82) is 0 Å². The normalized spacial score (nSPS) is 19.6. The van der Waals surface area contributed by atoms with Gasteiger partial charge in [-0.25, -0.2) is 8.42 Å². The molecule has 35 heavy (non-hydrogen) atoms. The van der Waals surface area contributed by atoms with E-state index in [9.17, 15) is 13.2 Å². The first-order chi connectivity index (χ1) is 16.9. The average molecular weight is 498 g/mol. The molecule has 7 nitrogen and oxygen atoms in total. The number of nitrogens with zero attached hydrogens (tertiary/aromatic N) is 2. The summed E-state index contributed by atoms with van der Waals surface area (Å²) in [6, 6.07) is 17.6. The quantitative estimate of drug-likeness (QED) is 0.606. The number of sulfonamides is 1. The number of aryl methyl sites for hydroxylation is 1. The average Bonchev–Trinajstić information content (AvgIpc) is 2.89. The van der Waals surface area contributed by atoms with Crippen molar-refractivity contribution >= 4 is 22.0 Å². The summed E-state index contributed by atoms with van der Waals surface area (Å²) in [5.74, 6) is -0.196. The SMILES string of the molecule is Cc1ccc(C(CN2CCOCC2)NC(=O)C2CCN(S(=O)(=O)/C=C/c3ccccc3)CC2)cc1. The van der Waals surface area contributed by atoms with Crippen molar-refractivity contribution in [3.05, 3.63) is 76.7 Å². The molecule has 2 aromatic rings. The van der Waals surface area contributed by atoms with Crippen LogP contribution in [0.2, 0.25) is 0 Å². The van der Waals surface area contributed by atoms with E-state index in [0.717, 1.165) is 30.8 Å². The monoisotopic (exact) mass is 497 g/mol. The number of hydrogen-bond acceptors (Lipinski definition) is 5. The molecule has 1 atom stereocenters. The van der Waals surface area contributed by atoms with E-state index < -0.39 is 10.0 Å². The lowest BCUT2D eigenvalue weighted by molar-refractivity contribution is -0.127. The number of amides is 1. The molecule has 4 rings (SSSR count). The van der Waals surface area contributed by atoms with Gasteiger partial charge in [-0.1, -0.05) is 60.2 Å². The van der Waals surface area contributed by atoms with Crippen LogP contribution in [0.1, 0.15) is 35.6 Å². The van der Waals surface area contributed by atoms with Crippen molar-refractivity contribution in [3.8, 4) is 0 Å². The van der Waals surface area contributed by atoms with Crippen LogP contribution < -0.4 is 5.32 Å². The summed E-state index contributed by atoms with van der Waals surface area (Å²) in [6.45, 7) is 6.60. The number of benzene rings is 2. The van der Waals surface area contributed by atoms with Crippen LogP contribution >= 0.6 is 0 Å². The number of ether oxygens (including phenoxy) is 1. The van der Waals surface area contributed by atoms with Gasteiger partial charge in [0.1, 0.15) is 0 Å². The van der Waals surface area contributed by atoms with Crippen molar-refractivity contribution in [1.82, 2.24) is 14.5 Å². The summed E-state index contributed by atoms with van der Waals surface area (Å²) in [5.41, 5.74) is 3.11. The Morgan fingerprint density at radius 1 is 1.03 bits per heavy atom. The summed E-state index contributed by atoms with van der Waals surface area (Å²) in [6.07, 6.45) is 2.65. The molecule has 1 unspecified atom stereocenters. The second-order valence-electron chi connectivity index (χ2n) is 9.32. The molecule has 1 amide bonds. The van der Waals surface area contributed by atoms with Crippen molar-refractivity contribution in [2.75, 3.05) is 45.9 Å². The molecule has 2 aromatic carbocycles. The third-order valence-electron chi connectivity index (χ3n) is 6.76. The third-order valence-corrected chi connectivity index (χ3v) is 8.32. The van der Waals surface area contributed by atoms with Gasteiger partial charge in [0.25, 0.3) is 0 Å². The Labute approximate surface area is 208 Å². The number of morpholine rings is 1. The van der Waals surface area contributed by atoms with E-state index in [1.165, 1.54) is 15.3 Å². The lowest BCUT2D eigenvalue weighted by atomic mass is 9.96. The molecule has 0 aromatic heterocycles.